The number of benzene rings is 1. The van der Waals surface area contributed by atoms with Crippen LogP contribution in [0.25, 0.3) is 17.4 Å². The molecule has 1 fully saturated rings. The molecular formula is C24H30N8O2. The molecule has 0 saturated carbocycles. The summed E-state index contributed by atoms with van der Waals surface area (Å²) < 4.78 is 12.7. The number of anilines is 2. The van der Waals surface area contributed by atoms with Crippen LogP contribution in [0.5, 0.6) is 5.75 Å². The van der Waals surface area contributed by atoms with E-state index in [0.717, 1.165) is 25.3 Å². The number of hydrogen-bond donors (Lipinski definition) is 2. The number of nitrogens with zero attached hydrogens (tertiary/aromatic N) is 6. The molecule has 0 spiro atoms. The standard InChI is InChI=1S/C24H30N8O2/c25-22-28-23(29-24-27-21(30-32(22)24)20-6-5-16-34-20)26-12-11-18-7-9-19(10-8-18)33-17-15-31-13-3-1-2-4-14-31/h5-10,16H,1-4,11-15,17H2,(H3,25,26,27,28,29,30). The van der Waals surface area contributed by atoms with Crippen molar-refractivity contribution in [3.05, 3.63) is 48.2 Å². The van der Waals surface area contributed by atoms with E-state index in [1.807, 2.05) is 12.1 Å². The molecule has 3 N–H and O–H groups in total. The van der Waals surface area contributed by atoms with Gasteiger partial charge in [0.1, 0.15) is 12.4 Å². The molecule has 4 heterocycles. The zero-order chi connectivity index (χ0) is 23.2. The Morgan fingerprint density at radius 2 is 1.82 bits per heavy atom. The summed E-state index contributed by atoms with van der Waals surface area (Å²) in [5.41, 5.74) is 7.24. The normalized spacial score (nSPS) is 14.8. The van der Waals surface area contributed by atoms with Gasteiger partial charge >= 0.3 is 0 Å². The fourth-order valence-electron chi connectivity index (χ4n) is 4.12. The van der Waals surface area contributed by atoms with Gasteiger partial charge in [0.15, 0.2) is 5.76 Å². The van der Waals surface area contributed by atoms with E-state index in [1.165, 1.54) is 48.9 Å². The van der Waals surface area contributed by atoms with Gasteiger partial charge in [0.25, 0.3) is 5.78 Å². The topological polar surface area (TPSA) is 120 Å². The highest BCUT2D eigenvalue weighted by Crippen LogP contribution is 2.18. The first-order chi connectivity index (χ1) is 16.7. The summed E-state index contributed by atoms with van der Waals surface area (Å²) in [5, 5.41) is 7.52. The number of ether oxygens (including phenoxy) is 1. The van der Waals surface area contributed by atoms with Crippen molar-refractivity contribution in [2.24, 2.45) is 0 Å². The first kappa shape index (κ1) is 22.1. The molecule has 1 aromatic carbocycles. The van der Waals surface area contributed by atoms with Crippen LogP contribution in [-0.4, -0.2) is 62.3 Å². The van der Waals surface area contributed by atoms with Crippen LogP contribution in [0.3, 0.4) is 0 Å². The maximum absolute atomic E-state index is 6.04. The van der Waals surface area contributed by atoms with Crippen LogP contribution in [0, 0.1) is 0 Å². The van der Waals surface area contributed by atoms with Crippen LogP contribution in [-0.2, 0) is 6.42 Å². The average molecular weight is 463 g/mol. The van der Waals surface area contributed by atoms with Crippen molar-refractivity contribution < 1.29 is 9.15 Å². The third kappa shape index (κ3) is 5.45. The van der Waals surface area contributed by atoms with E-state index >= 15 is 0 Å². The summed E-state index contributed by atoms with van der Waals surface area (Å²) in [5.74, 6) is 2.86. The molecule has 1 aliphatic rings. The third-order valence-electron chi connectivity index (χ3n) is 5.97. The van der Waals surface area contributed by atoms with Crippen LogP contribution in [0.4, 0.5) is 11.9 Å². The highest BCUT2D eigenvalue weighted by molar-refractivity contribution is 5.52. The quantitative estimate of drug-likeness (QED) is 0.386. The fourth-order valence-corrected chi connectivity index (χ4v) is 4.12. The molecule has 0 atom stereocenters. The maximum Gasteiger partial charge on any atom is 0.259 e. The molecule has 4 aromatic rings. The van der Waals surface area contributed by atoms with Crippen molar-refractivity contribution in [1.29, 1.82) is 0 Å². The number of nitrogens with one attached hydrogen (secondary N) is 1. The summed E-state index contributed by atoms with van der Waals surface area (Å²) in [6.45, 7) is 4.77. The summed E-state index contributed by atoms with van der Waals surface area (Å²) in [6, 6.07) is 11.8. The Hall–Kier alpha value is -3.66. The molecule has 0 amide bonds. The molecule has 10 heteroatoms. The molecule has 5 rings (SSSR count). The van der Waals surface area contributed by atoms with E-state index in [1.54, 1.807) is 18.4 Å². The number of nitrogens with two attached hydrogens (primary N) is 1. The largest absolute Gasteiger partial charge is 0.492 e. The molecule has 0 aliphatic carbocycles. The van der Waals surface area contributed by atoms with Gasteiger partial charge in [-0.15, -0.1) is 5.10 Å². The Kier molecular flexibility index (Phi) is 6.85. The number of hydrogen-bond acceptors (Lipinski definition) is 9. The van der Waals surface area contributed by atoms with Crippen molar-refractivity contribution in [1.82, 2.24) is 29.5 Å². The van der Waals surface area contributed by atoms with Crippen molar-refractivity contribution in [3.63, 3.8) is 0 Å². The molecule has 1 aliphatic heterocycles. The van der Waals surface area contributed by atoms with Crippen LogP contribution in [0.1, 0.15) is 31.2 Å². The van der Waals surface area contributed by atoms with Crippen molar-refractivity contribution >= 4 is 17.7 Å². The SMILES string of the molecule is Nc1nc(NCCc2ccc(OCCN3CCCCCC3)cc2)nc2nc(-c3ccco3)nn12. The van der Waals surface area contributed by atoms with Crippen LogP contribution in [0.15, 0.2) is 47.1 Å². The predicted molar refractivity (Wildman–Crippen MR) is 130 cm³/mol. The number of nitrogen functional groups attached to an aromatic ring is 1. The second kappa shape index (κ2) is 10.5. The van der Waals surface area contributed by atoms with Gasteiger partial charge in [0.2, 0.25) is 17.7 Å². The molecule has 34 heavy (non-hydrogen) atoms. The highest BCUT2D eigenvalue weighted by Gasteiger charge is 2.14. The molecule has 3 aromatic heterocycles. The highest BCUT2D eigenvalue weighted by atomic mass is 16.5. The van der Waals surface area contributed by atoms with Gasteiger partial charge in [-0.25, -0.2) is 0 Å². The third-order valence-corrected chi connectivity index (χ3v) is 5.97. The fraction of sp³-hybridized carbons (Fsp3) is 0.417. The molecule has 0 radical (unpaired) electrons. The minimum atomic E-state index is 0.208. The van der Waals surface area contributed by atoms with E-state index in [-0.39, 0.29) is 5.95 Å². The average Bonchev–Trinajstić information content (AvgIpc) is 3.46. The molecule has 178 valence electrons. The Bertz CT molecular complexity index is 1180. The van der Waals surface area contributed by atoms with E-state index in [4.69, 9.17) is 14.9 Å². The van der Waals surface area contributed by atoms with E-state index in [0.29, 0.717) is 29.9 Å². The summed E-state index contributed by atoms with van der Waals surface area (Å²) in [7, 11) is 0. The molecular weight excluding hydrogens is 432 g/mol. The van der Waals surface area contributed by atoms with Crippen LogP contribution < -0.4 is 15.8 Å². The van der Waals surface area contributed by atoms with E-state index in [2.05, 4.69) is 42.4 Å². The van der Waals surface area contributed by atoms with E-state index < -0.39 is 0 Å². The van der Waals surface area contributed by atoms with Crippen molar-refractivity contribution in [2.45, 2.75) is 32.1 Å². The van der Waals surface area contributed by atoms with Crippen LogP contribution >= 0.6 is 0 Å². The first-order valence-electron chi connectivity index (χ1n) is 11.9. The van der Waals surface area contributed by atoms with Crippen LogP contribution in [0.2, 0.25) is 0 Å². The lowest BCUT2D eigenvalue weighted by Crippen LogP contribution is -2.29. The number of fused-ring (bicyclic) bond motifs is 1. The minimum absolute atomic E-state index is 0.208. The van der Waals surface area contributed by atoms with Gasteiger partial charge in [0, 0.05) is 13.1 Å². The monoisotopic (exact) mass is 462 g/mol. The van der Waals surface area contributed by atoms with Crippen molar-refractivity contribution in [3.8, 4) is 17.3 Å². The number of likely N-dealkylation sites (tertiary alicyclic amines) is 1. The van der Waals surface area contributed by atoms with Gasteiger partial charge in [-0.2, -0.15) is 19.5 Å². The first-order valence-corrected chi connectivity index (χ1v) is 11.9. The summed E-state index contributed by atoms with van der Waals surface area (Å²) >= 11 is 0. The van der Waals surface area contributed by atoms with Gasteiger partial charge in [-0.05, 0) is 62.2 Å². The Morgan fingerprint density at radius 3 is 2.59 bits per heavy atom. The zero-order valence-corrected chi connectivity index (χ0v) is 19.2. The molecule has 1 saturated heterocycles. The van der Waals surface area contributed by atoms with Gasteiger partial charge < -0.3 is 20.2 Å². The maximum atomic E-state index is 6.04. The van der Waals surface area contributed by atoms with Gasteiger partial charge in [-0.1, -0.05) is 25.0 Å². The van der Waals surface area contributed by atoms with Gasteiger partial charge in [0.05, 0.1) is 6.26 Å². The predicted octanol–water partition coefficient (Wildman–Crippen LogP) is 3.27. The Labute approximate surface area is 198 Å². The second-order valence-electron chi connectivity index (χ2n) is 8.45. The molecule has 0 bridgehead atoms. The molecule has 0 unspecified atom stereocenters. The number of rotatable bonds is 9. The lowest BCUT2D eigenvalue weighted by atomic mass is 10.1. The lowest BCUT2D eigenvalue weighted by Gasteiger charge is -2.19. The Morgan fingerprint density at radius 1 is 1.00 bits per heavy atom. The minimum Gasteiger partial charge on any atom is -0.492 e. The smallest absolute Gasteiger partial charge is 0.259 e. The van der Waals surface area contributed by atoms with Gasteiger partial charge in [-0.3, -0.25) is 4.90 Å². The zero-order valence-electron chi connectivity index (χ0n) is 19.2. The lowest BCUT2D eigenvalue weighted by molar-refractivity contribution is 0.214. The Balaban J connectivity index is 1.10. The number of aromatic nitrogens is 5. The molecule has 10 nitrogen and oxygen atoms in total. The summed E-state index contributed by atoms with van der Waals surface area (Å²) in [4.78, 5) is 15.6. The second-order valence-corrected chi connectivity index (χ2v) is 8.45. The van der Waals surface area contributed by atoms with Crippen molar-refractivity contribution in [2.75, 3.05) is 43.8 Å². The summed E-state index contributed by atoms with van der Waals surface area (Å²) in [6.07, 6.45) is 7.70. The van der Waals surface area contributed by atoms with E-state index in [9.17, 15) is 0 Å². The number of furan rings is 1.